The average molecular weight is 530 g/mol. The van der Waals surface area contributed by atoms with Gasteiger partial charge in [-0.1, -0.05) is 19.3 Å². The predicted octanol–water partition coefficient (Wildman–Crippen LogP) is 4.01. The first-order valence-corrected chi connectivity index (χ1v) is 13.6. The van der Waals surface area contributed by atoms with Crippen LogP contribution in [0.1, 0.15) is 32.1 Å². The number of benzene rings is 2. The zero-order valence-electron chi connectivity index (χ0n) is 22.5. The Balaban J connectivity index is 1.15. The van der Waals surface area contributed by atoms with E-state index in [1.54, 1.807) is 20.3 Å². The van der Waals surface area contributed by atoms with Gasteiger partial charge in [-0.15, -0.1) is 5.10 Å². The number of aromatic nitrogens is 5. The SMILES string of the molecule is COc1cc2ncnc(-n3nc(Nc4ccc(N5CCN(C6CCCCC6)CC5)cc4)nc3N)c2cc1OC. The number of hydrogen-bond donors (Lipinski definition) is 2. The number of anilines is 4. The van der Waals surface area contributed by atoms with Crippen molar-refractivity contribution in [3.8, 4) is 17.3 Å². The van der Waals surface area contributed by atoms with Gasteiger partial charge >= 0.3 is 0 Å². The summed E-state index contributed by atoms with van der Waals surface area (Å²) in [6.45, 7) is 4.41. The average Bonchev–Trinajstić information content (AvgIpc) is 3.36. The summed E-state index contributed by atoms with van der Waals surface area (Å²) in [6, 6.07) is 12.8. The molecule has 2 aliphatic rings. The van der Waals surface area contributed by atoms with Crippen molar-refractivity contribution in [2.24, 2.45) is 0 Å². The maximum atomic E-state index is 6.25. The molecule has 4 aromatic rings. The lowest BCUT2D eigenvalue weighted by Crippen LogP contribution is -2.50. The van der Waals surface area contributed by atoms with E-state index in [0.717, 1.165) is 37.9 Å². The third kappa shape index (κ3) is 5.14. The Kier molecular flexibility index (Phi) is 7.06. The lowest BCUT2D eigenvalue weighted by atomic mass is 9.94. The summed E-state index contributed by atoms with van der Waals surface area (Å²) in [5.41, 5.74) is 9.05. The summed E-state index contributed by atoms with van der Waals surface area (Å²) in [5.74, 6) is 2.24. The number of nitrogens with zero attached hydrogens (tertiary/aromatic N) is 7. The minimum absolute atomic E-state index is 0.208. The molecule has 3 heterocycles. The van der Waals surface area contributed by atoms with Crippen molar-refractivity contribution in [3.63, 3.8) is 0 Å². The summed E-state index contributed by atoms with van der Waals surface area (Å²) in [4.78, 5) is 18.4. The second-order valence-corrected chi connectivity index (χ2v) is 10.1. The van der Waals surface area contributed by atoms with Crippen LogP contribution in [0.5, 0.6) is 11.5 Å². The number of nitrogen functional groups attached to an aromatic ring is 1. The van der Waals surface area contributed by atoms with Gasteiger partial charge in [0.2, 0.25) is 11.9 Å². The molecule has 0 unspecified atom stereocenters. The third-order valence-corrected chi connectivity index (χ3v) is 7.85. The fraction of sp³-hybridized carbons (Fsp3) is 0.429. The van der Waals surface area contributed by atoms with Crippen LogP contribution in [0.3, 0.4) is 0 Å². The van der Waals surface area contributed by atoms with Gasteiger partial charge in [0.1, 0.15) is 6.33 Å². The monoisotopic (exact) mass is 529 g/mol. The highest BCUT2D eigenvalue weighted by atomic mass is 16.5. The van der Waals surface area contributed by atoms with Crippen molar-refractivity contribution in [1.29, 1.82) is 0 Å². The van der Waals surface area contributed by atoms with Crippen molar-refractivity contribution in [3.05, 3.63) is 42.7 Å². The summed E-state index contributed by atoms with van der Waals surface area (Å²) in [7, 11) is 3.17. The maximum Gasteiger partial charge on any atom is 0.248 e. The van der Waals surface area contributed by atoms with Crippen molar-refractivity contribution in [1.82, 2.24) is 29.6 Å². The van der Waals surface area contributed by atoms with Gasteiger partial charge < -0.3 is 25.4 Å². The van der Waals surface area contributed by atoms with Gasteiger partial charge in [-0.2, -0.15) is 9.67 Å². The van der Waals surface area contributed by atoms with Gasteiger partial charge in [-0.3, -0.25) is 4.90 Å². The zero-order chi connectivity index (χ0) is 26.8. The molecule has 0 amide bonds. The number of nitrogens with one attached hydrogen (secondary N) is 1. The second kappa shape index (κ2) is 10.9. The topological polar surface area (TPSA) is 119 Å². The molecule has 2 fully saturated rings. The van der Waals surface area contributed by atoms with Gasteiger partial charge in [0.05, 0.1) is 19.7 Å². The molecule has 1 aliphatic carbocycles. The Labute approximate surface area is 227 Å². The predicted molar refractivity (Wildman–Crippen MR) is 152 cm³/mol. The Hall–Kier alpha value is -4.12. The van der Waals surface area contributed by atoms with Crippen molar-refractivity contribution in [2.45, 2.75) is 38.1 Å². The molecule has 0 radical (unpaired) electrons. The number of piperazine rings is 1. The Morgan fingerprint density at radius 2 is 1.62 bits per heavy atom. The molecule has 6 rings (SSSR count). The van der Waals surface area contributed by atoms with Crippen LogP contribution < -0.4 is 25.4 Å². The molecule has 204 valence electrons. The van der Waals surface area contributed by atoms with E-state index in [2.05, 4.69) is 59.4 Å². The minimum atomic E-state index is 0.208. The molecule has 0 spiro atoms. The first-order valence-electron chi connectivity index (χ1n) is 13.6. The lowest BCUT2D eigenvalue weighted by molar-refractivity contribution is 0.148. The van der Waals surface area contributed by atoms with Gasteiger partial charge in [-0.05, 0) is 43.2 Å². The van der Waals surface area contributed by atoms with E-state index >= 15 is 0 Å². The summed E-state index contributed by atoms with van der Waals surface area (Å²) in [6.07, 6.45) is 8.37. The van der Waals surface area contributed by atoms with Gasteiger partial charge in [0, 0.05) is 55.0 Å². The number of fused-ring (bicyclic) bond motifs is 1. The quantitative estimate of drug-likeness (QED) is 0.363. The van der Waals surface area contributed by atoms with Crippen LogP contribution in [0.4, 0.5) is 23.3 Å². The van der Waals surface area contributed by atoms with Crippen LogP contribution in [0.25, 0.3) is 16.7 Å². The van der Waals surface area contributed by atoms with Gasteiger partial charge in [0.15, 0.2) is 17.3 Å². The molecular weight excluding hydrogens is 494 g/mol. The fourth-order valence-electron chi connectivity index (χ4n) is 5.75. The van der Waals surface area contributed by atoms with Crippen molar-refractivity contribution < 1.29 is 9.47 Å². The molecule has 1 aliphatic heterocycles. The smallest absolute Gasteiger partial charge is 0.248 e. The van der Waals surface area contributed by atoms with Gasteiger partial charge in [0.25, 0.3) is 0 Å². The lowest BCUT2D eigenvalue weighted by Gasteiger charge is -2.41. The van der Waals surface area contributed by atoms with Crippen molar-refractivity contribution >= 4 is 34.2 Å². The van der Waals surface area contributed by atoms with Crippen LogP contribution >= 0.6 is 0 Å². The van der Waals surface area contributed by atoms with Gasteiger partial charge in [-0.25, -0.2) is 9.97 Å². The molecule has 11 nitrogen and oxygen atoms in total. The Bertz CT molecular complexity index is 1430. The van der Waals surface area contributed by atoms with Crippen LogP contribution in [0, 0.1) is 0 Å². The highest BCUT2D eigenvalue weighted by Crippen LogP contribution is 2.33. The van der Waals surface area contributed by atoms with E-state index in [0.29, 0.717) is 34.2 Å². The van der Waals surface area contributed by atoms with Crippen LogP contribution in [0.15, 0.2) is 42.7 Å². The van der Waals surface area contributed by atoms with E-state index in [-0.39, 0.29) is 5.95 Å². The maximum absolute atomic E-state index is 6.25. The zero-order valence-corrected chi connectivity index (χ0v) is 22.5. The van der Waals surface area contributed by atoms with Crippen molar-refractivity contribution in [2.75, 3.05) is 56.3 Å². The largest absolute Gasteiger partial charge is 0.493 e. The molecule has 0 atom stereocenters. The number of rotatable bonds is 7. The summed E-state index contributed by atoms with van der Waals surface area (Å²) in [5, 5.41) is 8.56. The number of hydrogen-bond acceptors (Lipinski definition) is 10. The standard InChI is InChI=1S/C28H35N9O2/c1-38-24-16-22-23(17-25(24)39-2)30-18-31-26(22)37-27(29)33-28(34-37)32-19-8-10-21(11-9-19)36-14-12-35(13-15-36)20-6-4-3-5-7-20/h8-11,16-18,20H,3-7,12-15H2,1-2H3,(H3,29,32,33,34). The molecule has 39 heavy (non-hydrogen) atoms. The summed E-state index contributed by atoms with van der Waals surface area (Å²) < 4.78 is 12.4. The van der Waals surface area contributed by atoms with E-state index < -0.39 is 0 Å². The van der Waals surface area contributed by atoms with E-state index in [1.165, 1.54) is 48.8 Å². The molecule has 0 bridgehead atoms. The molecule has 1 saturated heterocycles. The van der Waals surface area contributed by atoms with E-state index in [9.17, 15) is 0 Å². The Morgan fingerprint density at radius 3 is 2.33 bits per heavy atom. The molecular formula is C28H35N9O2. The number of ether oxygens (including phenoxy) is 2. The van der Waals surface area contributed by atoms with Crippen LogP contribution in [-0.4, -0.2) is 76.1 Å². The molecule has 2 aromatic heterocycles. The van der Waals surface area contributed by atoms with Crippen LogP contribution in [-0.2, 0) is 0 Å². The normalized spacial score (nSPS) is 16.9. The first kappa shape index (κ1) is 25.2. The van der Waals surface area contributed by atoms with Crippen LogP contribution in [0.2, 0.25) is 0 Å². The van der Waals surface area contributed by atoms with E-state index in [1.807, 2.05) is 6.07 Å². The first-order chi connectivity index (χ1) is 19.1. The van der Waals surface area contributed by atoms with E-state index in [4.69, 9.17) is 15.2 Å². The minimum Gasteiger partial charge on any atom is -0.493 e. The second-order valence-electron chi connectivity index (χ2n) is 10.1. The molecule has 3 N–H and O–H groups in total. The highest BCUT2D eigenvalue weighted by Gasteiger charge is 2.25. The number of methoxy groups -OCH3 is 2. The Morgan fingerprint density at radius 1 is 0.897 bits per heavy atom. The number of nitrogens with two attached hydrogens (primary N) is 1. The fourth-order valence-corrected chi connectivity index (χ4v) is 5.75. The third-order valence-electron chi connectivity index (χ3n) is 7.85. The molecule has 2 aromatic carbocycles. The molecule has 11 heteroatoms. The summed E-state index contributed by atoms with van der Waals surface area (Å²) >= 11 is 0. The highest BCUT2D eigenvalue weighted by molar-refractivity contribution is 5.88. The molecule has 1 saturated carbocycles.